The Morgan fingerprint density at radius 3 is 2.60 bits per heavy atom. The first-order valence-electron chi connectivity index (χ1n) is 11.5. The highest BCUT2D eigenvalue weighted by Crippen LogP contribution is 2.36. The SMILES string of the molecule is CC(C)(C)OC(=O)C1(S(=O)c2ccc3nc(-n4cnc(-c5ccccc5)c4)sc3c2)CCOCC1. The molecule has 5 rings (SSSR count). The molecule has 0 N–H and O–H groups in total. The molecule has 1 fully saturated rings. The first kappa shape index (κ1) is 23.8. The van der Waals surface area contributed by atoms with Crippen molar-refractivity contribution in [1.82, 2.24) is 14.5 Å². The van der Waals surface area contributed by atoms with Crippen LogP contribution in [0, 0.1) is 0 Å². The van der Waals surface area contributed by atoms with Crippen LogP contribution in [0.4, 0.5) is 0 Å². The van der Waals surface area contributed by atoms with Crippen LogP contribution in [0.15, 0.2) is 66.0 Å². The van der Waals surface area contributed by atoms with Gasteiger partial charge in [0.25, 0.3) is 0 Å². The lowest BCUT2D eigenvalue weighted by molar-refractivity contribution is -0.160. The van der Waals surface area contributed by atoms with Crippen LogP contribution < -0.4 is 0 Å². The van der Waals surface area contributed by atoms with Gasteiger partial charge in [-0.1, -0.05) is 41.7 Å². The molecule has 0 bridgehead atoms. The zero-order chi connectivity index (χ0) is 24.6. The number of esters is 1. The number of rotatable bonds is 5. The molecule has 1 aliphatic rings. The summed E-state index contributed by atoms with van der Waals surface area (Å²) in [6.45, 7) is 6.23. The number of carbonyl (C=O) groups is 1. The summed E-state index contributed by atoms with van der Waals surface area (Å²) in [5.74, 6) is -0.427. The molecule has 4 aromatic rings. The highest BCUT2D eigenvalue weighted by molar-refractivity contribution is 7.87. The second kappa shape index (κ2) is 9.29. The van der Waals surface area contributed by atoms with Crippen LogP contribution in [0.1, 0.15) is 33.6 Å². The van der Waals surface area contributed by atoms with Crippen LogP contribution in [0.5, 0.6) is 0 Å². The van der Waals surface area contributed by atoms with E-state index in [4.69, 9.17) is 14.5 Å². The van der Waals surface area contributed by atoms with Crippen molar-refractivity contribution in [2.45, 2.75) is 48.9 Å². The van der Waals surface area contributed by atoms with Crippen LogP contribution in [0.2, 0.25) is 0 Å². The minimum atomic E-state index is -1.60. The highest BCUT2D eigenvalue weighted by Gasteiger charge is 2.49. The van der Waals surface area contributed by atoms with E-state index >= 15 is 0 Å². The fraction of sp³-hybridized carbons (Fsp3) is 0.346. The second-order valence-electron chi connectivity index (χ2n) is 9.54. The lowest BCUT2D eigenvalue weighted by Crippen LogP contribution is -2.50. The fourth-order valence-corrected chi connectivity index (χ4v) is 6.69. The molecule has 9 heteroatoms. The van der Waals surface area contributed by atoms with Gasteiger partial charge in [-0.15, -0.1) is 0 Å². The largest absolute Gasteiger partial charge is 0.459 e. The Bertz CT molecular complexity index is 1380. The molecule has 1 saturated heterocycles. The molecule has 3 heterocycles. The summed E-state index contributed by atoms with van der Waals surface area (Å²) in [6.07, 6.45) is 4.42. The van der Waals surface area contributed by atoms with Crippen LogP contribution in [0.3, 0.4) is 0 Å². The van der Waals surface area contributed by atoms with Crippen LogP contribution in [0.25, 0.3) is 26.6 Å². The predicted molar refractivity (Wildman–Crippen MR) is 137 cm³/mol. The third-order valence-electron chi connectivity index (χ3n) is 5.86. The molecule has 7 nitrogen and oxygen atoms in total. The zero-order valence-electron chi connectivity index (χ0n) is 19.9. The van der Waals surface area contributed by atoms with Gasteiger partial charge in [0.1, 0.15) is 11.9 Å². The summed E-state index contributed by atoms with van der Waals surface area (Å²) in [5, 5.41) is 0.769. The van der Waals surface area contributed by atoms with E-state index in [-0.39, 0.29) is 0 Å². The van der Waals surface area contributed by atoms with E-state index in [1.807, 2.05) is 74.0 Å². The minimum Gasteiger partial charge on any atom is -0.459 e. The van der Waals surface area contributed by atoms with Gasteiger partial charge in [0.05, 0.1) is 26.7 Å². The number of fused-ring (bicyclic) bond motifs is 1. The number of carbonyl (C=O) groups excluding carboxylic acids is 1. The molecule has 0 spiro atoms. The summed E-state index contributed by atoms with van der Waals surface area (Å²) in [4.78, 5) is 23.1. The van der Waals surface area contributed by atoms with Crippen molar-refractivity contribution < 1.29 is 18.5 Å². The maximum atomic E-state index is 13.9. The number of hydrogen-bond donors (Lipinski definition) is 0. The highest BCUT2D eigenvalue weighted by atomic mass is 32.2. The first-order valence-corrected chi connectivity index (χ1v) is 13.5. The third-order valence-corrected chi connectivity index (χ3v) is 8.86. The first-order chi connectivity index (χ1) is 16.7. The van der Waals surface area contributed by atoms with E-state index < -0.39 is 27.1 Å². The Morgan fingerprint density at radius 1 is 1.14 bits per heavy atom. The monoisotopic (exact) mass is 509 g/mol. The number of benzene rings is 2. The van der Waals surface area contributed by atoms with Crippen molar-refractivity contribution in [1.29, 1.82) is 0 Å². The van der Waals surface area contributed by atoms with Gasteiger partial charge in [-0.2, -0.15) is 0 Å². The predicted octanol–water partition coefficient (Wildman–Crippen LogP) is 5.15. The van der Waals surface area contributed by atoms with Gasteiger partial charge in [0.2, 0.25) is 0 Å². The Labute approximate surface area is 210 Å². The molecular weight excluding hydrogens is 482 g/mol. The summed E-state index contributed by atoms with van der Waals surface area (Å²) < 4.78 is 26.7. The van der Waals surface area contributed by atoms with Crippen molar-refractivity contribution in [2.75, 3.05) is 13.2 Å². The standard InChI is InChI=1S/C26H27N3O4S2/c1-25(2,3)33-23(30)26(11-13-32-14-12-26)35(31)19-9-10-20-22(15-19)34-24(28-20)29-16-21(27-17-29)18-7-5-4-6-8-18/h4-10,15-17H,11-14H2,1-3H3. The maximum absolute atomic E-state index is 13.9. The van der Waals surface area contributed by atoms with Gasteiger partial charge in [-0.25, -0.2) is 9.97 Å². The van der Waals surface area contributed by atoms with Crippen molar-refractivity contribution in [3.05, 3.63) is 61.1 Å². The average Bonchev–Trinajstić information content (AvgIpc) is 3.50. The summed E-state index contributed by atoms with van der Waals surface area (Å²) >= 11 is 1.49. The van der Waals surface area contributed by atoms with Crippen molar-refractivity contribution >= 4 is 38.3 Å². The Kier molecular flexibility index (Phi) is 6.33. The van der Waals surface area contributed by atoms with E-state index in [0.717, 1.165) is 26.6 Å². The Hall–Kier alpha value is -2.88. The Morgan fingerprint density at radius 2 is 1.89 bits per heavy atom. The van der Waals surface area contributed by atoms with E-state index in [0.29, 0.717) is 31.0 Å². The van der Waals surface area contributed by atoms with E-state index in [2.05, 4.69) is 4.98 Å². The summed E-state index contributed by atoms with van der Waals surface area (Å²) in [7, 11) is -1.60. The number of aromatic nitrogens is 3. The molecule has 35 heavy (non-hydrogen) atoms. The lowest BCUT2D eigenvalue weighted by atomic mass is 9.99. The van der Waals surface area contributed by atoms with Gasteiger partial charge in [0.15, 0.2) is 9.88 Å². The van der Waals surface area contributed by atoms with Crippen LogP contribution in [-0.2, 0) is 25.1 Å². The van der Waals surface area contributed by atoms with E-state index in [9.17, 15) is 9.00 Å². The van der Waals surface area contributed by atoms with Gasteiger partial charge in [-0.05, 0) is 51.8 Å². The smallest absolute Gasteiger partial charge is 0.325 e. The minimum absolute atomic E-state index is 0.359. The third kappa shape index (κ3) is 4.80. The van der Waals surface area contributed by atoms with Crippen molar-refractivity contribution in [3.8, 4) is 16.4 Å². The van der Waals surface area contributed by atoms with Crippen LogP contribution >= 0.6 is 11.3 Å². The molecule has 0 radical (unpaired) electrons. The molecule has 0 saturated carbocycles. The molecule has 0 amide bonds. The number of thiazole rings is 1. The topological polar surface area (TPSA) is 83.3 Å². The molecular formula is C26H27N3O4S2. The molecule has 1 unspecified atom stereocenters. The van der Waals surface area contributed by atoms with E-state index in [1.54, 1.807) is 12.4 Å². The van der Waals surface area contributed by atoms with Gasteiger partial charge < -0.3 is 9.47 Å². The Balaban J connectivity index is 1.46. The number of hydrogen-bond acceptors (Lipinski definition) is 7. The zero-order valence-corrected chi connectivity index (χ0v) is 21.5. The van der Waals surface area contributed by atoms with Crippen molar-refractivity contribution in [3.63, 3.8) is 0 Å². The van der Waals surface area contributed by atoms with Crippen molar-refractivity contribution in [2.24, 2.45) is 0 Å². The molecule has 0 aliphatic carbocycles. The van der Waals surface area contributed by atoms with Gasteiger partial charge in [0, 0.05) is 29.9 Å². The number of imidazole rings is 1. The lowest BCUT2D eigenvalue weighted by Gasteiger charge is -2.36. The maximum Gasteiger partial charge on any atom is 0.325 e. The van der Waals surface area contributed by atoms with Gasteiger partial charge >= 0.3 is 5.97 Å². The quantitative estimate of drug-likeness (QED) is 0.346. The average molecular weight is 510 g/mol. The molecule has 2 aromatic heterocycles. The number of ether oxygens (including phenoxy) is 2. The second-order valence-corrected chi connectivity index (χ2v) is 12.3. The summed E-state index contributed by atoms with van der Waals surface area (Å²) in [6, 6.07) is 15.5. The fourth-order valence-electron chi connectivity index (χ4n) is 4.07. The molecule has 182 valence electrons. The molecule has 1 aliphatic heterocycles. The van der Waals surface area contributed by atoms with E-state index in [1.165, 1.54) is 11.3 Å². The van der Waals surface area contributed by atoms with Crippen LogP contribution in [-0.4, -0.2) is 48.3 Å². The number of nitrogens with zero attached hydrogens (tertiary/aromatic N) is 3. The molecule has 2 aromatic carbocycles. The molecule has 1 atom stereocenters. The summed E-state index contributed by atoms with van der Waals surface area (Å²) in [5.41, 5.74) is 2.05. The van der Waals surface area contributed by atoms with Gasteiger partial charge in [-0.3, -0.25) is 13.6 Å². The normalized spacial score (nSPS) is 16.8.